The van der Waals surface area contributed by atoms with Gasteiger partial charge in [0.15, 0.2) is 11.5 Å². The molecule has 0 fully saturated rings. The number of sulfonamides is 1. The van der Waals surface area contributed by atoms with E-state index in [2.05, 4.69) is 5.32 Å². The number of nitrogens with zero attached hydrogens (tertiary/aromatic N) is 1. The molecule has 0 radical (unpaired) electrons. The zero-order valence-electron chi connectivity index (χ0n) is 18.2. The van der Waals surface area contributed by atoms with E-state index in [0.29, 0.717) is 22.9 Å². The van der Waals surface area contributed by atoms with Gasteiger partial charge < -0.3 is 19.5 Å². The first-order valence-corrected chi connectivity index (χ1v) is 11.8. The van der Waals surface area contributed by atoms with Crippen molar-refractivity contribution in [1.29, 1.82) is 0 Å². The number of ether oxygens (including phenoxy) is 3. The van der Waals surface area contributed by atoms with Crippen LogP contribution in [0.1, 0.15) is 6.92 Å². The minimum atomic E-state index is -3.88. The fraction of sp³-hybridized carbons (Fsp3) is 0.208. The number of hydrogen-bond donors (Lipinski definition) is 1. The molecule has 3 aromatic rings. The zero-order chi connectivity index (χ0) is 23.4. The molecule has 3 aromatic carbocycles. The number of anilines is 2. The molecular weight excluding hydrogens is 444 g/mol. The molecule has 0 aromatic heterocycles. The summed E-state index contributed by atoms with van der Waals surface area (Å²) in [6.07, 6.45) is -0.902. The average molecular weight is 469 g/mol. The van der Waals surface area contributed by atoms with E-state index in [4.69, 9.17) is 14.2 Å². The highest BCUT2D eigenvalue weighted by molar-refractivity contribution is 7.92. The van der Waals surface area contributed by atoms with E-state index in [1.54, 1.807) is 49.4 Å². The third kappa shape index (κ3) is 4.58. The first-order chi connectivity index (χ1) is 15.9. The SMILES string of the molecule is CCN(c1ccccc1)S(=O)(=O)c1ccc(OC)c(NC(=O)[C@H]2COc3ccccc3O2)c1. The predicted octanol–water partition coefficient (Wildman–Crippen LogP) is 3.69. The van der Waals surface area contributed by atoms with E-state index < -0.39 is 22.0 Å². The molecule has 8 nitrogen and oxygen atoms in total. The van der Waals surface area contributed by atoms with E-state index in [9.17, 15) is 13.2 Å². The number of amides is 1. The molecule has 0 spiro atoms. The van der Waals surface area contributed by atoms with Crippen molar-refractivity contribution in [3.8, 4) is 17.2 Å². The van der Waals surface area contributed by atoms with Crippen molar-refractivity contribution < 1.29 is 27.4 Å². The molecule has 0 aliphatic carbocycles. The van der Waals surface area contributed by atoms with Crippen molar-refractivity contribution in [2.45, 2.75) is 17.9 Å². The van der Waals surface area contributed by atoms with Crippen molar-refractivity contribution >= 4 is 27.3 Å². The van der Waals surface area contributed by atoms with Gasteiger partial charge in [0.25, 0.3) is 15.9 Å². The molecule has 0 bridgehead atoms. The molecule has 1 amide bonds. The molecule has 1 N–H and O–H groups in total. The normalized spacial score (nSPS) is 14.9. The van der Waals surface area contributed by atoms with E-state index >= 15 is 0 Å². The van der Waals surface area contributed by atoms with Crippen LogP contribution in [-0.4, -0.2) is 40.7 Å². The largest absolute Gasteiger partial charge is 0.495 e. The highest BCUT2D eigenvalue weighted by atomic mass is 32.2. The predicted molar refractivity (Wildman–Crippen MR) is 125 cm³/mol. The lowest BCUT2D eigenvalue weighted by molar-refractivity contribution is -0.125. The lowest BCUT2D eigenvalue weighted by Gasteiger charge is -2.26. The Kier molecular flexibility index (Phi) is 6.41. The lowest BCUT2D eigenvalue weighted by atomic mass is 10.2. The lowest BCUT2D eigenvalue weighted by Crippen LogP contribution is -2.40. The summed E-state index contributed by atoms with van der Waals surface area (Å²) in [5.74, 6) is 0.872. The maximum atomic E-state index is 13.4. The summed E-state index contributed by atoms with van der Waals surface area (Å²) < 4.78 is 44.7. The van der Waals surface area contributed by atoms with Crippen molar-refractivity contribution in [1.82, 2.24) is 0 Å². The third-order valence-electron chi connectivity index (χ3n) is 5.15. The molecular formula is C24H24N2O6S. The molecule has 4 rings (SSSR count). The summed E-state index contributed by atoms with van der Waals surface area (Å²) in [6, 6.07) is 20.2. The topological polar surface area (TPSA) is 94.2 Å². The monoisotopic (exact) mass is 468 g/mol. The number of methoxy groups -OCH3 is 1. The molecule has 1 heterocycles. The Bertz CT molecular complexity index is 1250. The maximum Gasteiger partial charge on any atom is 0.269 e. The van der Waals surface area contributed by atoms with Gasteiger partial charge in [-0.2, -0.15) is 0 Å². The average Bonchev–Trinajstić information content (AvgIpc) is 2.84. The Morgan fingerprint density at radius 1 is 1.06 bits per heavy atom. The fourth-order valence-electron chi connectivity index (χ4n) is 3.52. The van der Waals surface area contributed by atoms with Gasteiger partial charge >= 0.3 is 0 Å². The Labute approximate surface area is 192 Å². The summed E-state index contributed by atoms with van der Waals surface area (Å²) in [4.78, 5) is 12.9. The first-order valence-electron chi connectivity index (χ1n) is 10.4. The van der Waals surface area contributed by atoms with Gasteiger partial charge in [-0.05, 0) is 49.4 Å². The Morgan fingerprint density at radius 3 is 2.45 bits per heavy atom. The summed E-state index contributed by atoms with van der Waals surface area (Å²) >= 11 is 0. The number of benzene rings is 3. The smallest absolute Gasteiger partial charge is 0.269 e. The first kappa shape index (κ1) is 22.5. The quantitative estimate of drug-likeness (QED) is 0.568. The molecule has 1 aliphatic heterocycles. The van der Waals surface area contributed by atoms with E-state index in [1.165, 1.54) is 29.6 Å². The number of para-hydroxylation sites is 3. The van der Waals surface area contributed by atoms with Crippen LogP contribution < -0.4 is 23.8 Å². The number of rotatable bonds is 7. The Morgan fingerprint density at radius 2 is 1.76 bits per heavy atom. The number of fused-ring (bicyclic) bond motifs is 1. The molecule has 172 valence electrons. The minimum absolute atomic E-state index is 0.0236. The van der Waals surface area contributed by atoms with E-state index in [0.717, 1.165) is 0 Å². The highest BCUT2D eigenvalue weighted by Gasteiger charge is 2.29. The molecule has 0 saturated carbocycles. The van der Waals surface area contributed by atoms with Crippen LogP contribution in [0.3, 0.4) is 0 Å². The van der Waals surface area contributed by atoms with Crippen molar-refractivity contribution in [2.24, 2.45) is 0 Å². The number of nitrogens with one attached hydrogen (secondary N) is 1. The van der Waals surface area contributed by atoms with E-state index in [1.807, 2.05) is 12.1 Å². The summed E-state index contributed by atoms with van der Waals surface area (Å²) in [6.45, 7) is 2.03. The second-order valence-electron chi connectivity index (χ2n) is 7.22. The van der Waals surface area contributed by atoms with Crippen LogP contribution in [0, 0.1) is 0 Å². The van der Waals surface area contributed by atoms with Crippen molar-refractivity contribution in [3.05, 3.63) is 72.8 Å². The van der Waals surface area contributed by atoms with Crippen molar-refractivity contribution in [3.63, 3.8) is 0 Å². The summed E-state index contributed by atoms with van der Waals surface area (Å²) in [7, 11) is -2.44. The molecule has 33 heavy (non-hydrogen) atoms. The van der Waals surface area contributed by atoms with Gasteiger partial charge in [0.2, 0.25) is 6.10 Å². The van der Waals surface area contributed by atoms with Gasteiger partial charge in [-0.1, -0.05) is 30.3 Å². The number of carbonyl (C=O) groups excluding carboxylic acids is 1. The van der Waals surface area contributed by atoms with Crippen molar-refractivity contribution in [2.75, 3.05) is 29.9 Å². The van der Waals surface area contributed by atoms with Crippen LogP contribution in [0.4, 0.5) is 11.4 Å². The van der Waals surface area contributed by atoms with Gasteiger partial charge in [0.05, 0.1) is 23.4 Å². The Hall–Kier alpha value is -3.72. The van der Waals surface area contributed by atoms with Gasteiger partial charge in [0, 0.05) is 6.54 Å². The van der Waals surface area contributed by atoms with Gasteiger partial charge in [-0.25, -0.2) is 8.42 Å². The van der Waals surface area contributed by atoms with Crippen LogP contribution in [0.25, 0.3) is 0 Å². The molecule has 1 atom stereocenters. The molecule has 0 unspecified atom stereocenters. The summed E-state index contributed by atoms with van der Waals surface area (Å²) in [5, 5.41) is 2.72. The summed E-state index contributed by atoms with van der Waals surface area (Å²) in [5.41, 5.74) is 0.767. The van der Waals surface area contributed by atoms with Gasteiger partial charge in [0.1, 0.15) is 12.4 Å². The highest BCUT2D eigenvalue weighted by Crippen LogP contribution is 2.33. The van der Waals surface area contributed by atoms with Crippen LogP contribution in [-0.2, 0) is 14.8 Å². The second-order valence-corrected chi connectivity index (χ2v) is 9.08. The third-order valence-corrected chi connectivity index (χ3v) is 7.05. The van der Waals surface area contributed by atoms with Crippen LogP contribution in [0.5, 0.6) is 17.2 Å². The fourth-order valence-corrected chi connectivity index (χ4v) is 5.02. The maximum absolute atomic E-state index is 13.4. The molecule has 9 heteroatoms. The van der Waals surface area contributed by atoms with Crippen LogP contribution >= 0.6 is 0 Å². The standard InChI is InChI=1S/C24H24N2O6S/c1-3-26(17-9-5-4-6-10-17)33(28,29)18-13-14-20(30-2)19(15-18)25-24(27)23-16-31-21-11-7-8-12-22(21)32-23/h4-15,23H,3,16H2,1-2H3,(H,25,27)/t23-/m1/s1. The van der Waals surface area contributed by atoms with E-state index in [-0.39, 0.29) is 23.7 Å². The molecule has 1 aliphatic rings. The number of hydrogen-bond acceptors (Lipinski definition) is 6. The zero-order valence-corrected chi connectivity index (χ0v) is 19.0. The molecule has 0 saturated heterocycles. The van der Waals surface area contributed by atoms with Crippen LogP contribution in [0.2, 0.25) is 0 Å². The minimum Gasteiger partial charge on any atom is -0.495 e. The Balaban J connectivity index is 1.60. The van der Waals surface area contributed by atoms with Gasteiger partial charge in [-0.3, -0.25) is 9.10 Å². The second kappa shape index (κ2) is 9.41. The number of carbonyl (C=O) groups is 1. The van der Waals surface area contributed by atoms with Gasteiger partial charge in [-0.15, -0.1) is 0 Å². The van der Waals surface area contributed by atoms with Crippen LogP contribution in [0.15, 0.2) is 77.7 Å².